The molecule has 0 heterocycles. The van der Waals surface area contributed by atoms with Crippen molar-refractivity contribution in [1.82, 2.24) is 0 Å². The molecule has 1 nitrogen and oxygen atoms in total. The summed E-state index contributed by atoms with van der Waals surface area (Å²) < 4.78 is 0. The second-order valence-corrected chi connectivity index (χ2v) is 6.59. The Kier molecular flexibility index (Phi) is 4.84. The summed E-state index contributed by atoms with van der Waals surface area (Å²) in [6, 6.07) is 15.3. The minimum Gasteiger partial charge on any atom is -0.320 e. The molecule has 0 bridgehead atoms. The molecule has 1 unspecified atom stereocenters. The molecule has 2 aromatic carbocycles. The maximum absolute atomic E-state index is 6.53. The number of hydrogen-bond acceptors (Lipinski definition) is 1. The minimum atomic E-state index is -0.0517. The Hall–Kier alpha value is -1.60. The molecule has 0 aromatic heterocycles. The SMILES string of the molecule is Cc1ccc(C(N)c2ccc(C(C)C)cc2C(C)C)cc1. The lowest BCUT2D eigenvalue weighted by Crippen LogP contribution is -2.15. The topological polar surface area (TPSA) is 26.0 Å². The van der Waals surface area contributed by atoms with Crippen LogP contribution in [0, 0.1) is 6.92 Å². The van der Waals surface area contributed by atoms with Crippen molar-refractivity contribution in [3.63, 3.8) is 0 Å². The Labute approximate surface area is 129 Å². The van der Waals surface area contributed by atoms with Crippen LogP contribution in [0.4, 0.5) is 0 Å². The van der Waals surface area contributed by atoms with Crippen LogP contribution in [0.2, 0.25) is 0 Å². The van der Waals surface area contributed by atoms with E-state index in [0.29, 0.717) is 11.8 Å². The van der Waals surface area contributed by atoms with E-state index in [0.717, 1.165) is 0 Å². The van der Waals surface area contributed by atoms with Crippen LogP contribution in [0.1, 0.15) is 73.4 Å². The molecule has 0 radical (unpaired) electrons. The van der Waals surface area contributed by atoms with E-state index in [1.807, 2.05) is 0 Å². The maximum atomic E-state index is 6.53. The summed E-state index contributed by atoms with van der Waals surface area (Å²) in [6.45, 7) is 11.1. The lowest BCUT2D eigenvalue weighted by atomic mass is 9.86. The first-order valence-corrected chi connectivity index (χ1v) is 7.86. The van der Waals surface area contributed by atoms with Gasteiger partial charge in [0, 0.05) is 0 Å². The molecule has 0 saturated carbocycles. The summed E-state index contributed by atoms with van der Waals surface area (Å²) in [4.78, 5) is 0. The van der Waals surface area contributed by atoms with Crippen molar-refractivity contribution in [2.45, 2.75) is 52.5 Å². The van der Waals surface area contributed by atoms with Crippen LogP contribution in [0.15, 0.2) is 42.5 Å². The molecule has 0 aliphatic carbocycles. The quantitative estimate of drug-likeness (QED) is 0.809. The van der Waals surface area contributed by atoms with Crippen molar-refractivity contribution in [1.29, 1.82) is 0 Å². The van der Waals surface area contributed by atoms with Crippen molar-refractivity contribution in [3.8, 4) is 0 Å². The van der Waals surface area contributed by atoms with Crippen LogP contribution in [0.3, 0.4) is 0 Å². The number of aryl methyl sites for hydroxylation is 1. The van der Waals surface area contributed by atoms with Crippen LogP contribution >= 0.6 is 0 Å². The Morgan fingerprint density at radius 3 is 1.81 bits per heavy atom. The van der Waals surface area contributed by atoms with E-state index < -0.39 is 0 Å². The van der Waals surface area contributed by atoms with E-state index >= 15 is 0 Å². The third-order valence-corrected chi connectivity index (χ3v) is 4.17. The van der Waals surface area contributed by atoms with Crippen LogP contribution in [0.5, 0.6) is 0 Å². The summed E-state index contributed by atoms with van der Waals surface area (Å²) in [7, 11) is 0. The van der Waals surface area contributed by atoms with Gasteiger partial charge in [-0.15, -0.1) is 0 Å². The monoisotopic (exact) mass is 281 g/mol. The van der Waals surface area contributed by atoms with Gasteiger partial charge in [0.15, 0.2) is 0 Å². The van der Waals surface area contributed by atoms with Gasteiger partial charge in [0.05, 0.1) is 6.04 Å². The molecule has 2 N–H and O–H groups in total. The Balaban J connectivity index is 2.44. The third-order valence-electron chi connectivity index (χ3n) is 4.17. The normalized spacial score (nSPS) is 13.0. The highest BCUT2D eigenvalue weighted by molar-refractivity contribution is 5.42. The fraction of sp³-hybridized carbons (Fsp3) is 0.400. The lowest BCUT2D eigenvalue weighted by molar-refractivity contribution is 0.781. The van der Waals surface area contributed by atoms with E-state index in [-0.39, 0.29) is 6.04 Å². The summed E-state index contributed by atoms with van der Waals surface area (Å²) >= 11 is 0. The van der Waals surface area contributed by atoms with Crippen molar-refractivity contribution in [2.24, 2.45) is 5.73 Å². The standard InChI is InChI=1S/C20H27N/c1-13(2)17-10-11-18(19(12-17)14(3)4)20(21)16-8-6-15(5)7-9-16/h6-14,20H,21H2,1-5H3. The van der Waals surface area contributed by atoms with E-state index in [2.05, 4.69) is 77.1 Å². The lowest BCUT2D eigenvalue weighted by Gasteiger charge is -2.21. The zero-order chi connectivity index (χ0) is 15.6. The molecule has 0 saturated heterocycles. The average molecular weight is 281 g/mol. The molecule has 0 spiro atoms. The number of benzene rings is 2. The van der Waals surface area contributed by atoms with Gasteiger partial charge in [-0.05, 0) is 41.0 Å². The predicted octanol–water partition coefficient (Wildman–Crippen LogP) is 5.29. The van der Waals surface area contributed by atoms with Gasteiger partial charge < -0.3 is 5.73 Å². The zero-order valence-electron chi connectivity index (χ0n) is 13.9. The number of rotatable bonds is 4. The third kappa shape index (κ3) is 3.54. The minimum absolute atomic E-state index is 0.0517. The van der Waals surface area contributed by atoms with Crippen molar-refractivity contribution < 1.29 is 0 Å². The maximum Gasteiger partial charge on any atom is 0.0554 e. The predicted molar refractivity (Wildman–Crippen MR) is 91.8 cm³/mol. The van der Waals surface area contributed by atoms with Gasteiger partial charge in [-0.1, -0.05) is 75.7 Å². The second-order valence-electron chi connectivity index (χ2n) is 6.59. The highest BCUT2D eigenvalue weighted by Crippen LogP contribution is 2.30. The fourth-order valence-electron chi connectivity index (χ4n) is 2.69. The first kappa shape index (κ1) is 15.8. The molecule has 2 rings (SSSR count). The van der Waals surface area contributed by atoms with Gasteiger partial charge in [0.2, 0.25) is 0 Å². The largest absolute Gasteiger partial charge is 0.320 e. The molecule has 0 amide bonds. The smallest absolute Gasteiger partial charge is 0.0554 e. The van der Waals surface area contributed by atoms with E-state index in [1.54, 1.807) is 0 Å². The van der Waals surface area contributed by atoms with Crippen LogP contribution < -0.4 is 5.73 Å². The summed E-state index contributed by atoms with van der Waals surface area (Å²) in [5, 5.41) is 0. The molecule has 112 valence electrons. The summed E-state index contributed by atoms with van der Waals surface area (Å²) in [5.74, 6) is 1.03. The van der Waals surface area contributed by atoms with Gasteiger partial charge in [-0.3, -0.25) is 0 Å². The first-order valence-electron chi connectivity index (χ1n) is 7.86. The Morgan fingerprint density at radius 2 is 1.29 bits per heavy atom. The van der Waals surface area contributed by atoms with Gasteiger partial charge in [-0.2, -0.15) is 0 Å². The van der Waals surface area contributed by atoms with Crippen LogP contribution in [-0.4, -0.2) is 0 Å². The number of hydrogen-bond donors (Lipinski definition) is 1. The Bertz CT molecular complexity index is 594. The summed E-state index contributed by atoms with van der Waals surface area (Å²) in [5.41, 5.74) is 13.0. The van der Waals surface area contributed by atoms with Gasteiger partial charge in [-0.25, -0.2) is 0 Å². The molecule has 0 aliphatic heterocycles. The van der Waals surface area contributed by atoms with Crippen molar-refractivity contribution in [3.05, 3.63) is 70.3 Å². The van der Waals surface area contributed by atoms with E-state index in [4.69, 9.17) is 5.73 Å². The number of nitrogens with two attached hydrogens (primary N) is 1. The molecule has 2 aromatic rings. The van der Waals surface area contributed by atoms with Crippen LogP contribution in [0.25, 0.3) is 0 Å². The second kappa shape index (κ2) is 6.44. The van der Waals surface area contributed by atoms with Gasteiger partial charge >= 0.3 is 0 Å². The molecule has 0 fully saturated rings. The highest BCUT2D eigenvalue weighted by Gasteiger charge is 2.16. The fourth-order valence-corrected chi connectivity index (χ4v) is 2.69. The van der Waals surface area contributed by atoms with Crippen molar-refractivity contribution >= 4 is 0 Å². The molecule has 1 atom stereocenters. The van der Waals surface area contributed by atoms with E-state index in [9.17, 15) is 0 Å². The first-order chi connectivity index (χ1) is 9.90. The summed E-state index contributed by atoms with van der Waals surface area (Å²) in [6.07, 6.45) is 0. The van der Waals surface area contributed by atoms with Crippen molar-refractivity contribution in [2.75, 3.05) is 0 Å². The molecule has 1 heteroatoms. The highest BCUT2D eigenvalue weighted by atomic mass is 14.6. The Morgan fingerprint density at radius 1 is 0.714 bits per heavy atom. The van der Waals surface area contributed by atoms with Crippen LogP contribution in [-0.2, 0) is 0 Å². The van der Waals surface area contributed by atoms with Gasteiger partial charge in [0.1, 0.15) is 0 Å². The van der Waals surface area contributed by atoms with E-state index in [1.165, 1.54) is 27.8 Å². The zero-order valence-corrected chi connectivity index (χ0v) is 13.9. The molecular weight excluding hydrogens is 254 g/mol. The van der Waals surface area contributed by atoms with Gasteiger partial charge in [0.25, 0.3) is 0 Å². The molecular formula is C20H27N. The average Bonchev–Trinajstić information content (AvgIpc) is 2.46. The molecule has 21 heavy (non-hydrogen) atoms. The molecule has 0 aliphatic rings.